The molecule has 0 saturated carbocycles. The zero-order valence-corrected chi connectivity index (χ0v) is 43.9. The third-order valence-electron chi connectivity index (χ3n) is 14.0. The summed E-state index contributed by atoms with van der Waals surface area (Å²) in [5.41, 5.74) is 19.2. The molecule has 6 aromatic carbocycles. The van der Waals surface area contributed by atoms with E-state index in [4.69, 9.17) is 0 Å². The van der Waals surface area contributed by atoms with Crippen LogP contribution in [0.25, 0.3) is 33.4 Å². The molecule has 1 heterocycles. The van der Waals surface area contributed by atoms with Gasteiger partial charge in [-0.3, -0.25) is 0 Å². The lowest BCUT2D eigenvalue weighted by molar-refractivity contribution is 0.571. The van der Waals surface area contributed by atoms with Gasteiger partial charge in [0.15, 0.2) is 0 Å². The Hall–Kier alpha value is -5.40. The first-order valence-corrected chi connectivity index (χ1v) is 24.4. The van der Waals surface area contributed by atoms with Crippen LogP contribution >= 0.6 is 0 Å². The van der Waals surface area contributed by atoms with Crippen molar-refractivity contribution in [1.82, 2.24) is 5.32 Å². The third-order valence-corrected chi connectivity index (χ3v) is 14.0. The Bertz CT molecular complexity index is 2720. The van der Waals surface area contributed by atoms with Gasteiger partial charge in [0.05, 0.1) is 0 Å². The van der Waals surface area contributed by atoms with Crippen molar-refractivity contribution in [3.63, 3.8) is 0 Å². The highest BCUT2D eigenvalue weighted by Gasteiger charge is 2.43. The summed E-state index contributed by atoms with van der Waals surface area (Å²) in [7, 11) is 0. The number of hydrogen-bond acceptors (Lipinski definition) is 1. The molecule has 0 unspecified atom stereocenters. The van der Waals surface area contributed by atoms with Crippen molar-refractivity contribution in [3.8, 4) is 22.3 Å². The van der Waals surface area contributed by atoms with Gasteiger partial charge in [0, 0.05) is 5.57 Å². The quantitative estimate of drug-likeness (QED) is 0.176. The fourth-order valence-electron chi connectivity index (χ4n) is 9.50. The molecule has 66 heavy (non-hydrogen) atoms. The molecule has 0 aromatic heterocycles. The van der Waals surface area contributed by atoms with E-state index in [-0.39, 0.29) is 32.5 Å². The van der Waals surface area contributed by atoms with Crippen LogP contribution in [0.15, 0.2) is 146 Å². The lowest BCUT2D eigenvalue weighted by Gasteiger charge is -2.43. The first kappa shape index (κ1) is 48.5. The molecule has 1 nitrogen and oxygen atoms in total. The molecular formula is C65H79N. The maximum absolute atomic E-state index is 4.17. The Kier molecular flexibility index (Phi) is 12.5. The van der Waals surface area contributed by atoms with Crippen molar-refractivity contribution >= 4 is 11.1 Å². The molecule has 1 N–H and O–H groups in total. The molecule has 0 radical (unpaired) electrons. The van der Waals surface area contributed by atoms with E-state index in [0.717, 1.165) is 0 Å². The molecule has 1 aliphatic heterocycles. The van der Waals surface area contributed by atoms with Gasteiger partial charge in [-0.1, -0.05) is 258 Å². The van der Waals surface area contributed by atoms with E-state index >= 15 is 0 Å². The van der Waals surface area contributed by atoms with Gasteiger partial charge in [0.2, 0.25) is 0 Å². The van der Waals surface area contributed by atoms with Crippen LogP contribution in [0.4, 0.5) is 0 Å². The molecule has 0 bridgehead atoms. The normalized spacial score (nSPS) is 14.9. The second-order valence-electron chi connectivity index (χ2n) is 25.4. The standard InChI is InChI=1S/C65H79N/c1-59(2,3)45-25-29-47(30-26-45)65(48-31-27-46(28-32-48)60(4,5)6)58(54-36-34-52(64(16,17)18)42-57(54)44-22-20-24-50(40-44)62(10,11)12)55(37-38-66-65)53-35-33-51(63(13,14)15)41-56(53)43-21-19-23-49(39-43)61(7,8)9/h19-42,66H,1-18H3. The van der Waals surface area contributed by atoms with Crippen LogP contribution in [-0.2, 0) is 38.0 Å². The summed E-state index contributed by atoms with van der Waals surface area (Å²) < 4.78 is 0. The predicted molar refractivity (Wildman–Crippen MR) is 289 cm³/mol. The Balaban J connectivity index is 1.72. The van der Waals surface area contributed by atoms with Crippen LogP contribution in [0.1, 0.15) is 180 Å². The van der Waals surface area contributed by atoms with Crippen molar-refractivity contribution in [2.24, 2.45) is 0 Å². The summed E-state index contributed by atoms with van der Waals surface area (Å²) in [6.45, 7) is 41.7. The molecule has 6 aromatic rings. The van der Waals surface area contributed by atoms with Crippen LogP contribution in [-0.4, -0.2) is 0 Å². The van der Waals surface area contributed by atoms with E-state index in [2.05, 4.69) is 276 Å². The van der Waals surface area contributed by atoms with Gasteiger partial charge in [0.25, 0.3) is 0 Å². The van der Waals surface area contributed by atoms with Crippen molar-refractivity contribution < 1.29 is 0 Å². The number of benzene rings is 6. The fourth-order valence-corrected chi connectivity index (χ4v) is 9.50. The van der Waals surface area contributed by atoms with Gasteiger partial charge in [-0.25, -0.2) is 0 Å². The van der Waals surface area contributed by atoms with E-state index in [1.165, 1.54) is 89.0 Å². The van der Waals surface area contributed by atoms with E-state index in [0.29, 0.717) is 0 Å². The average molecular weight is 874 g/mol. The van der Waals surface area contributed by atoms with Crippen LogP contribution < -0.4 is 5.32 Å². The molecule has 0 fully saturated rings. The van der Waals surface area contributed by atoms with Gasteiger partial charge in [-0.05, 0) is 128 Å². The van der Waals surface area contributed by atoms with Crippen molar-refractivity contribution in [1.29, 1.82) is 0 Å². The predicted octanol–water partition coefficient (Wildman–Crippen LogP) is 17.8. The average Bonchev–Trinajstić information content (AvgIpc) is 3.24. The number of allylic oxidation sites excluding steroid dienone is 2. The SMILES string of the molecule is CC(C)(C)c1ccc(C2(c3ccc(C(C)(C)C)cc3)NC=CC(c3ccc(C(C)(C)C)cc3-c3cccc(C(C)(C)C)c3)=C2c2ccc(C(C)(C)C)cc2-c2cccc(C(C)(C)C)c2)cc1. The van der Waals surface area contributed by atoms with Gasteiger partial charge >= 0.3 is 0 Å². The van der Waals surface area contributed by atoms with Crippen molar-refractivity contribution in [2.75, 3.05) is 0 Å². The summed E-state index contributed by atoms with van der Waals surface area (Å²) in [6, 6.07) is 52.2. The monoisotopic (exact) mass is 874 g/mol. The fraction of sp³-hybridized carbons (Fsp3) is 0.385. The Morgan fingerprint density at radius 2 is 0.652 bits per heavy atom. The zero-order chi connectivity index (χ0) is 48.4. The van der Waals surface area contributed by atoms with Crippen molar-refractivity contribution in [3.05, 3.63) is 201 Å². The van der Waals surface area contributed by atoms with E-state index in [9.17, 15) is 0 Å². The summed E-state index contributed by atoms with van der Waals surface area (Å²) >= 11 is 0. The maximum Gasteiger partial charge on any atom is 0.115 e. The topological polar surface area (TPSA) is 12.0 Å². The van der Waals surface area contributed by atoms with Crippen LogP contribution in [0.2, 0.25) is 0 Å². The van der Waals surface area contributed by atoms with Gasteiger partial charge in [-0.2, -0.15) is 0 Å². The summed E-state index contributed by atoms with van der Waals surface area (Å²) in [6.07, 6.45) is 4.58. The molecule has 0 atom stereocenters. The minimum atomic E-state index is -0.788. The number of hydrogen-bond donors (Lipinski definition) is 1. The number of dihydropyridines is 1. The minimum absolute atomic E-state index is 0.00307. The highest BCUT2D eigenvalue weighted by molar-refractivity contribution is 6.07. The van der Waals surface area contributed by atoms with Crippen LogP contribution in [0.3, 0.4) is 0 Å². The zero-order valence-electron chi connectivity index (χ0n) is 43.9. The molecule has 0 amide bonds. The number of nitrogens with one attached hydrogen (secondary N) is 1. The Morgan fingerprint density at radius 1 is 0.318 bits per heavy atom. The maximum atomic E-state index is 4.17. The Morgan fingerprint density at radius 3 is 1.03 bits per heavy atom. The minimum Gasteiger partial charge on any atom is -0.374 e. The summed E-state index contributed by atoms with van der Waals surface area (Å²) in [5, 5.41) is 4.17. The molecule has 0 saturated heterocycles. The molecule has 1 aliphatic rings. The first-order chi connectivity index (χ1) is 30.5. The largest absolute Gasteiger partial charge is 0.374 e. The van der Waals surface area contributed by atoms with Crippen LogP contribution in [0.5, 0.6) is 0 Å². The van der Waals surface area contributed by atoms with E-state index in [1.54, 1.807) is 0 Å². The lowest BCUT2D eigenvalue weighted by Crippen LogP contribution is -2.44. The second-order valence-corrected chi connectivity index (χ2v) is 25.4. The molecular weight excluding hydrogens is 795 g/mol. The molecule has 344 valence electrons. The first-order valence-electron chi connectivity index (χ1n) is 24.4. The molecule has 0 aliphatic carbocycles. The summed E-state index contributed by atoms with van der Waals surface area (Å²) in [5.74, 6) is 0. The third kappa shape index (κ3) is 9.70. The lowest BCUT2D eigenvalue weighted by atomic mass is 9.67. The molecule has 0 spiro atoms. The number of rotatable bonds is 6. The molecule has 1 heteroatoms. The second kappa shape index (κ2) is 17.0. The highest BCUT2D eigenvalue weighted by atomic mass is 15.0. The molecule has 7 rings (SSSR count). The van der Waals surface area contributed by atoms with Crippen LogP contribution in [0, 0.1) is 0 Å². The van der Waals surface area contributed by atoms with E-state index < -0.39 is 5.54 Å². The van der Waals surface area contributed by atoms with E-state index in [1.807, 2.05) is 0 Å². The van der Waals surface area contributed by atoms with Crippen molar-refractivity contribution in [2.45, 2.75) is 163 Å². The van der Waals surface area contributed by atoms with Gasteiger partial charge < -0.3 is 5.32 Å². The van der Waals surface area contributed by atoms with Gasteiger partial charge in [0.1, 0.15) is 5.54 Å². The smallest absolute Gasteiger partial charge is 0.115 e. The highest BCUT2D eigenvalue weighted by Crippen LogP contribution is 2.53. The summed E-state index contributed by atoms with van der Waals surface area (Å²) in [4.78, 5) is 0. The van der Waals surface area contributed by atoms with Gasteiger partial charge in [-0.15, -0.1) is 0 Å². The Labute approximate surface area is 400 Å².